The highest BCUT2D eigenvalue weighted by molar-refractivity contribution is 5.87. The summed E-state index contributed by atoms with van der Waals surface area (Å²) in [5, 5.41) is 13.5. The van der Waals surface area contributed by atoms with E-state index in [0.717, 1.165) is 25.3 Å². The van der Waals surface area contributed by atoms with Crippen LogP contribution in [-0.4, -0.2) is 39.0 Å². The van der Waals surface area contributed by atoms with E-state index in [0.29, 0.717) is 24.5 Å². The Morgan fingerprint density at radius 1 is 1.03 bits per heavy atom. The predicted molar refractivity (Wildman–Crippen MR) is 136 cm³/mol. The van der Waals surface area contributed by atoms with Crippen LogP contribution in [0.4, 0.5) is 19.0 Å². The van der Waals surface area contributed by atoms with Crippen LogP contribution in [0.5, 0.6) is 0 Å². The molecule has 1 amide bonds. The molecule has 0 bridgehead atoms. The van der Waals surface area contributed by atoms with Crippen LogP contribution < -0.4 is 10.9 Å². The Bertz CT molecular complexity index is 1220. The minimum absolute atomic E-state index is 0.180. The quantitative estimate of drug-likeness (QED) is 0.474. The first-order chi connectivity index (χ1) is 17.8. The van der Waals surface area contributed by atoms with Gasteiger partial charge in [0.1, 0.15) is 11.9 Å². The summed E-state index contributed by atoms with van der Waals surface area (Å²) in [6, 6.07) is 7.43. The molecular weight excluding hydrogens is 499 g/mol. The van der Waals surface area contributed by atoms with Crippen molar-refractivity contribution in [3.05, 3.63) is 63.9 Å². The smallest absolute Gasteiger partial charge is 0.416 e. The number of hydrogen-bond donors (Lipinski definition) is 3. The molecule has 0 radical (unpaired) electrons. The average Bonchev–Trinajstić information content (AvgIpc) is 3.19. The lowest BCUT2D eigenvalue weighted by molar-refractivity contribution is -0.154. The number of likely N-dealkylation sites (tertiary alicyclic amines) is 1. The van der Waals surface area contributed by atoms with E-state index in [9.17, 15) is 32.7 Å². The highest BCUT2D eigenvalue weighted by Gasteiger charge is 2.58. The molecule has 1 saturated heterocycles. The number of rotatable bonds is 5. The molecule has 1 aromatic heterocycles. The van der Waals surface area contributed by atoms with Crippen molar-refractivity contribution in [3.8, 4) is 0 Å². The van der Waals surface area contributed by atoms with Crippen LogP contribution in [0.15, 0.2) is 47.3 Å². The number of carboxylic acid groups (broad SMARTS) is 1. The number of carbonyl (C=O) groups is 2. The number of carboxylic acids is 1. The van der Waals surface area contributed by atoms with Gasteiger partial charge in [0.15, 0.2) is 0 Å². The van der Waals surface area contributed by atoms with Gasteiger partial charge in [0, 0.05) is 17.9 Å². The maximum atomic E-state index is 14.0. The van der Waals surface area contributed by atoms with Crippen LogP contribution in [0.1, 0.15) is 70.0 Å². The number of aliphatic carboxylic acids is 1. The largest absolute Gasteiger partial charge is 0.480 e. The normalized spacial score (nSPS) is 24.8. The van der Waals surface area contributed by atoms with Gasteiger partial charge in [-0.2, -0.15) is 13.2 Å². The van der Waals surface area contributed by atoms with Crippen LogP contribution >= 0.6 is 0 Å². The Hall–Kier alpha value is -3.30. The lowest BCUT2D eigenvalue weighted by Crippen LogP contribution is -2.49. The zero-order valence-corrected chi connectivity index (χ0v) is 21.7. The Morgan fingerprint density at radius 3 is 2.21 bits per heavy atom. The third kappa shape index (κ3) is 5.59. The fourth-order valence-electron chi connectivity index (χ4n) is 6.18. The minimum atomic E-state index is -4.74. The molecule has 2 heterocycles. The van der Waals surface area contributed by atoms with Crippen molar-refractivity contribution in [1.29, 1.82) is 0 Å². The molecule has 4 unspecified atom stereocenters. The SMILES string of the molecule is CC(C)(C)C1C(Nc2cc(C(F)(F)F)cc(=O)[nH]2)C(c2ccccc2)N(C(=O)C2CCCCC2)C1C(=O)O. The van der Waals surface area contributed by atoms with E-state index < -0.39 is 52.7 Å². The molecule has 206 valence electrons. The topological polar surface area (TPSA) is 103 Å². The Balaban J connectivity index is 1.88. The van der Waals surface area contributed by atoms with Gasteiger partial charge in [0.2, 0.25) is 11.5 Å². The number of aromatic nitrogens is 1. The number of nitrogens with one attached hydrogen (secondary N) is 2. The number of nitrogens with zero attached hydrogens (tertiary/aromatic N) is 1. The highest BCUT2D eigenvalue weighted by Crippen LogP contribution is 2.50. The number of aromatic amines is 1. The van der Waals surface area contributed by atoms with E-state index >= 15 is 0 Å². The van der Waals surface area contributed by atoms with E-state index in [4.69, 9.17) is 0 Å². The van der Waals surface area contributed by atoms with Crippen molar-refractivity contribution in [2.75, 3.05) is 5.32 Å². The first-order valence-electron chi connectivity index (χ1n) is 13.0. The van der Waals surface area contributed by atoms with Gasteiger partial charge in [-0.15, -0.1) is 0 Å². The van der Waals surface area contributed by atoms with Crippen molar-refractivity contribution in [2.45, 2.75) is 77.2 Å². The standard InChI is InChI=1S/C28H34F3N3O4/c1-27(2,3)21-22(33-19-14-18(28(29,30)31)15-20(35)32-19)23(16-10-6-4-7-11-16)34(24(21)26(37)38)25(36)17-12-8-5-9-13-17/h4,6-7,10-11,14-15,17,21-24H,5,8-9,12-13H2,1-3H3,(H,37,38)(H2,32,33,35). The summed E-state index contributed by atoms with van der Waals surface area (Å²) < 4.78 is 40.5. The lowest BCUT2D eigenvalue weighted by atomic mass is 9.72. The number of hydrogen-bond acceptors (Lipinski definition) is 4. The van der Waals surface area contributed by atoms with Gasteiger partial charge in [0.05, 0.1) is 17.6 Å². The first-order valence-corrected chi connectivity index (χ1v) is 13.0. The van der Waals surface area contributed by atoms with E-state index in [1.54, 1.807) is 30.3 Å². The second-order valence-electron chi connectivity index (χ2n) is 11.4. The highest BCUT2D eigenvalue weighted by atomic mass is 19.4. The number of H-pyrrole nitrogens is 1. The van der Waals surface area contributed by atoms with Gasteiger partial charge in [0.25, 0.3) is 0 Å². The van der Waals surface area contributed by atoms with Gasteiger partial charge in [-0.25, -0.2) is 4.79 Å². The van der Waals surface area contributed by atoms with Crippen LogP contribution in [0.25, 0.3) is 0 Å². The fraction of sp³-hybridized carbons (Fsp3) is 0.536. The molecule has 2 aliphatic rings. The van der Waals surface area contributed by atoms with Crippen molar-refractivity contribution < 1.29 is 27.9 Å². The summed E-state index contributed by atoms with van der Waals surface area (Å²) >= 11 is 0. The van der Waals surface area contributed by atoms with Crippen molar-refractivity contribution in [1.82, 2.24) is 9.88 Å². The Morgan fingerprint density at radius 2 is 1.66 bits per heavy atom. The summed E-state index contributed by atoms with van der Waals surface area (Å²) in [6.45, 7) is 5.56. The van der Waals surface area contributed by atoms with Gasteiger partial charge in [-0.1, -0.05) is 70.4 Å². The fourth-order valence-corrected chi connectivity index (χ4v) is 6.18. The van der Waals surface area contributed by atoms with Crippen LogP contribution in [0.3, 0.4) is 0 Å². The maximum absolute atomic E-state index is 14.0. The van der Waals surface area contributed by atoms with Crippen LogP contribution in [0.2, 0.25) is 0 Å². The summed E-state index contributed by atoms with van der Waals surface area (Å²) in [6.07, 6.45) is -0.617. The van der Waals surface area contributed by atoms with Crippen LogP contribution in [-0.2, 0) is 15.8 Å². The number of amides is 1. The van der Waals surface area contributed by atoms with Crippen molar-refractivity contribution >= 4 is 17.7 Å². The number of halogens is 3. The zero-order chi connectivity index (χ0) is 27.8. The van der Waals surface area contributed by atoms with E-state index in [2.05, 4.69) is 10.3 Å². The monoisotopic (exact) mass is 533 g/mol. The molecule has 38 heavy (non-hydrogen) atoms. The average molecular weight is 534 g/mol. The molecule has 10 heteroatoms. The zero-order valence-electron chi connectivity index (χ0n) is 21.7. The van der Waals surface area contributed by atoms with Gasteiger partial charge in [-0.05, 0) is 29.9 Å². The van der Waals surface area contributed by atoms with Crippen LogP contribution in [0, 0.1) is 17.3 Å². The summed E-state index contributed by atoms with van der Waals surface area (Å²) in [4.78, 5) is 42.9. The van der Waals surface area contributed by atoms with Gasteiger partial charge in [-0.3, -0.25) is 9.59 Å². The second kappa shape index (κ2) is 10.5. The summed E-state index contributed by atoms with van der Waals surface area (Å²) in [5.41, 5.74) is -2.05. The van der Waals surface area contributed by atoms with Crippen molar-refractivity contribution in [2.24, 2.45) is 17.3 Å². The third-order valence-electron chi connectivity index (χ3n) is 7.76. The first kappa shape index (κ1) is 27.7. The molecule has 1 aliphatic heterocycles. The molecule has 7 nitrogen and oxygen atoms in total. The molecular formula is C28H34F3N3O4. The predicted octanol–water partition coefficient (Wildman–Crippen LogP) is 5.45. The minimum Gasteiger partial charge on any atom is -0.480 e. The molecule has 1 aliphatic carbocycles. The maximum Gasteiger partial charge on any atom is 0.416 e. The molecule has 0 spiro atoms. The number of pyridine rings is 1. The molecule has 4 atom stereocenters. The second-order valence-corrected chi connectivity index (χ2v) is 11.4. The van der Waals surface area contributed by atoms with Crippen molar-refractivity contribution in [3.63, 3.8) is 0 Å². The van der Waals surface area contributed by atoms with E-state index in [1.807, 2.05) is 20.8 Å². The number of alkyl halides is 3. The Kier molecular flexibility index (Phi) is 7.63. The molecule has 2 fully saturated rings. The summed E-state index contributed by atoms with van der Waals surface area (Å²) in [5.74, 6) is -2.61. The number of anilines is 1. The molecule has 4 rings (SSSR count). The lowest BCUT2D eigenvalue weighted by Gasteiger charge is -2.36. The third-order valence-corrected chi connectivity index (χ3v) is 7.76. The number of carbonyl (C=O) groups excluding carboxylic acids is 1. The summed E-state index contributed by atoms with van der Waals surface area (Å²) in [7, 11) is 0. The molecule has 2 aromatic rings. The Labute approximate surface area is 219 Å². The van der Waals surface area contributed by atoms with Gasteiger partial charge >= 0.3 is 12.1 Å². The van der Waals surface area contributed by atoms with E-state index in [1.165, 1.54) is 4.90 Å². The van der Waals surface area contributed by atoms with Gasteiger partial charge < -0.3 is 20.3 Å². The number of benzene rings is 1. The molecule has 3 N–H and O–H groups in total. The van der Waals surface area contributed by atoms with E-state index in [-0.39, 0.29) is 17.6 Å². The molecule has 1 saturated carbocycles. The molecule has 1 aromatic carbocycles.